The Hall–Kier alpha value is -3.12. The zero-order chi connectivity index (χ0) is 18.3. The number of hydrogen-bond acceptors (Lipinski definition) is 4. The zero-order valence-electron chi connectivity index (χ0n) is 13.5. The molecule has 0 fully saturated rings. The molecule has 2 aromatic carbocycles. The summed E-state index contributed by atoms with van der Waals surface area (Å²) >= 11 is 5.93. The fourth-order valence-electron chi connectivity index (χ4n) is 2.62. The van der Waals surface area contributed by atoms with Crippen LogP contribution in [0, 0.1) is 5.82 Å². The van der Waals surface area contributed by atoms with Gasteiger partial charge in [0.15, 0.2) is 5.76 Å². The molecular formula is C19H12ClFN2O3. The Balaban J connectivity index is 1.69. The Morgan fingerprint density at radius 2 is 2.00 bits per heavy atom. The maximum absolute atomic E-state index is 13.1. The summed E-state index contributed by atoms with van der Waals surface area (Å²) in [6.45, 7) is 0. The number of methoxy groups -OCH3 is 1. The number of anilines is 1. The number of nitrogens with zero attached hydrogens (tertiary/aromatic N) is 1. The number of halogens is 2. The zero-order valence-corrected chi connectivity index (χ0v) is 14.3. The number of aromatic nitrogens is 1. The molecule has 7 heteroatoms. The van der Waals surface area contributed by atoms with Gasteiger partial charge in [-0.15, -0.1) is 0 Å². The van der Waals surface area contributed by atoms with Gasteiger partial charge in [0.25, 0.3) is 5.91 Å². The van der Waals surface area contributed by atoms with Crippen molar-refractivity contribution in [3.8, 4) is 5.75 Å². The molecule has 4 aromatic rings. The van der Waals surface area contributed by atoms with Crippen molar-refractivity contribution in [3.05, 3.63) is 65.1 Å². The first-order valence-corrected chi connectivity index (χ1v) is 8.06. The van der Waals surface area contributed by atoms with Crippen molar-refractivity contribution in [1.82, 2.24) is 4.98 Å². The van der Waals surface area contributed by atoms with Crippen molar-refractivity contribution in [2.75, 3.05) is 12.4 Å². The normalized spacial score (nSPS) is 11.0. The molecule has 1 N–H and O–H groups in total. The van der Waals surface area contributed by atoms with Crippen LogP contribution >= 0.6 is 11.6 Å². The van der Waals surface area contributed by atoms with Gasteiger partial charge in [-0.2, -0.15) is 0 Å². The second-order valence-corrected chi connectivity index (χ2v) is 6.04. The summed E-state index contributed by atoms with van der Waals surface area (Å²) in [4.78, 5) is 16.8. The topological polar surface area (TPSA) is 64.4 Å². The van der Waals surface area contributed by atoms with Gasteiger partial charge < -0.3 is 14.5 Å². The number of rotatable bonds is 3. The molecule has 2 heterocycles. The highest BCUT2D eigenvalue weighted by atomic mass is 35.5. The molecule has 1 amide bonds. The molecule has 4 rings (SSSR count). The van der Waals surface area contributed by atoms with Gasteiger partial charge in [0, 0.05) is 16.8 Å². The summed E-state index contributed by atoms with van der Waals surface area (Å²) in [5, 5.41) is 4.29. The fraction of sp³-hybridized carbons (Fsp3) is 0.0526. The third kappa shape index (κ3) is 2.95. The average molecular weight is 371 g/mol. The second kappa shape index (κ2) is 6.31. The Bertz CT molecular complexity index is 1160. The summed E-state index contributed by atoms with van der Waals surface area (Å²) < 4.78 is 23.9. The number of amides is 1. The van der Waals surface area contributed by atoms with E-state index in [1.54, 1.807) is 19.2 Å². The van der Waals surface area contributed by atoms with Crippen LogP contribution in [0.25, 0.3) is 22.0 Å². The number of furan rings is 1. The van der Waals surface area contributed by atoms with Crippen LogP contribution in [0.15, 0.2) is 52.9 Å². The minimum atomic E-state index is -0.502. The molecule has 0 aliphatic rings. The van der Waals surface area contributed by atoms with Crippen molar-refractivity contribution < 1.29 is 18.3 Å². The molecule has 0 spiro atoms. The first kappa shape index (κ1) is 16.4. The monoisotopic (exact) mass is 370 g/mol. The van der Waals surface area contributed by atoms with E-state index in [-0.39, 0.29) is 10.8 Å². The fourth-order valence-corrected chi connectivity index (χ4v) is 2.83. The summed E-state index contributed by atoms with van der Waals surface area (Å²) in [6, 6.07) is 12.7. The van der Waals surface area contributed by atoms with E-state index in [1.807, 2.05) is 18.2 Å². The van der Waals surface area contributed by atoms with E-state index >= 15 is 0 Å². The lowest BCUT2D eigenvalue weighted by Crippen LogP contribution is -2.11. The molecule has 0 atom stereocenters. The van der Waals surface area contributed by atoms with Crippen molar-refractivity contribution in [3.63, 3.8) is 0 Å². The molecule has 2 aromatic heterocycles. The number of pyridine rings is 1. The van der Waals surface area contributed by atoms with Crippen LogP contribution in [0.1, 0.15) is 10.6 Å². The van der Waals surface area contributed by atoms with Crippen LogP contribution in [0.4, 0.5) is 10.1 Å². The van der Waals surface area contributed by atoms with E-state index in [1.165, 1.54) is 12.1 Å². The maximum Gasteiger partial charge on any atom is 0.291 e. The SMILES string of the molecule is COc1ccc2cc3cc(C(=O)Nc4ccc(F)cc4Cl)oc3nc2c1. The van der Waals surface area contributed by atoms with Crippen LogP contribution in [0.5, 0.6) is 5.75 Å². The number of benzene rings is 2. The van der Waals surface area contributed by atoms with Crippen molar-refractivity contribution >= 4 is 45.2 Å². The smallest absolute Gasteiger partial charge is 0.291 e. The van der Waals surface area contributed by atoms with Crippen LogP contribution in [-0.2, 0) is 0 Å². The lowest BCUT2D eigenvalue weighted by atomic mass is 10.2. The molecular weight excluding hydrogens is 359 g/mol. The molecule has 5 nitrogen and oxygen atoms in total. The number of fused-ring (bicyclic) bond motifs is 2. The minimum Gasteiger partial charge on any atom is -0.497 e. The predicted molar refractivity (Wildman–Crippen MR) is 97.4 cm³/mol. The summed E-state index contributed by atoms with van der Waals surface area (Å²) in [6.07, 6.45) is 0. The molecule has 0 aliphatic carbocycles. The van der Waals surface area contributed by atoms with Gasteiger partial charge in [-0.3, -0.25) is 4.79 Å². The molecule has 0 aliphatic heterocycles. The largest absolute Gasteiger partial charge is 0.497 e. The van der Waals surface area contributed by atoms with Crippen LogP contribution in [-0.4, -0.2) is 18.0 Å². The Morgan fingerprint density at radius 3 is 2.77 bits per heavy atom. The van der Waals surface area contributed by atoms with Gasteiger partial charge in [-0.1, -0.05) is 11.6 Å². The molecule has 0 saturated heterocycles. The van der Waals surface area contributed by atoms with Gasteiger partial charge >= 0.3 is 0 Å². The quantitative estimate of drug-likeness (QED) is 0.549. The number of hydrogen-bond donors (Lipinski definition) is 1. The van der Waals surface area contributed by atoms with E-state index in [4.69, 9.17) is 20.8 Å². The molecule has 0 bridgehead atoms. The summed E-state index contributed by atoms with van der Waals surface area (Å²) in [5.74, 6) is -0.226. The molecule has 130 valence electrons. The van der Waals surface area contributed by atoms with Gasteiger partial charge in [-0.25, -0.2) is 9.37 Å². The van der Waals surface area contributed by atoms with E-state index in [2.05, 4.69) is 10.3 Å². The maximum atomic E-state index is 13.1. The standard InChI is InChI=1S/C19H12ClFN2O3/c1-25-13-4-2-10-6-11-7-17(26-19(11)23-16(10)9-13)18(24)22-15-5-3-12(21)8-14(15)20/h2-9H,1H3,(H,22,24). The van der Waals surface area contributed by atoms with Gasteiger partial charge in [0.05, 0.1) is 23.3 Å². The second-order valence-electron chi connectivity index (χ2n) is 5.63. The van der Waals surface area contributed by atoms with E-state index in [9.17, 15) is 9.18 Å². The van der Waals surface area contributed by atoms with Crippen molar-refractivity contribution in [1.29, 1.82) is 0 Å². The summed E-state index contributed by atoms with van der Waals surface area (Å²) in [7, 11) is 1.58. The lowest BCUT2D eigenvalue weighted by molar-refractivity contribution is 0.0998. The highest BCUT2D eigenvalue weighted by molar-refractivity contribution is 6.33. The molecule has 26 heavy (non-hydrogen) atoms. The van der Waals surface area contributed by atoms with Gasteiger partial charge in [0.1, 0.15) is 11.6 Å². The predicted octanol–water partition coefficient (Wildman–Crippen LogP) is 5.03. The Kier molecular flexibility index (Phi) is 3.97. The van der Waals surface area contributed by atoms with Crippen molar-refractivity contribution in [2.24, 2.45) is 0 Å². The minimum absolute atomic E-state index is 0.0789. The summed E-state index contributed by atoms with van der Waals surface area (Å²) in [5.41, 5.74) is 1.32. The lowest BCUT2D eigenvalue weighted by Gasteiger charge is -2.05. The molecule has 0 unspecified atom stereocenters. The highest BCUT2D eigenvalue weighted by Gasteiger charge is 2.15. The van der Waals surface area contributed by atoms with E-state index in [0.29, 0.717) is 28.1 Å². The molecule has 0 radical (unpaired) electrons. The van der Waals surface area contributed by atoms with Gasteiger partial charge in [-0.05, 0) is 42.5 Å². The number of ether oxygens (including phenoxy) is 1. The number of nitrogens with one attached hydrogen (secondary N) is 1. The first-order chi connectivity index (χ1) is 12.5. The average Bonchev–Trinajstić information content (AvgIpc) is 3.04. The first-order valence-electron chi connectivity index (χ1n) is 7.68. The number of carbonyl (C=O) groups excluding carboxylic acids is 1. The highest BCUT2D eigenvalue weighted by Crippen LogP contribution is 2.27. The Morgan fingerprint density at radius 1 is 1.15 bits per heavy atom. The Labute approximate surface area is 152 Å². The third-order valence-electron chi connectivity index (χ3n) is 3.91. The number of carbonyl (C=O) groups is 1. The van der Waals surface area contributed by atoms with E-state index in [0.717, 1.165) is 11.5 Å². The van der Waals surface area contributed by atoms with Crippen LogP contribution < -0.4 is 10.1 Å². The van der Waals surface area contributed by atoms with E-state index < -0.39 is 11.7 Å². The molecule has 0 saturated carbocycles. The van der Waals surface area contributed by atoms with Gasteiger partial charge in [0.2, 0.25) is 5.71 Å². The third-order valence-corrected chi connectivity index (χ3v) is 4.23. The van der Waals surface area contributed by atoms with Crippen LogP contribution in [0.2, 0.25) is 5.02 Å². The van der Waals surface area contributed by atoms with Crippen LogP contribution in [0.3, 0.4) is 0 Å². The van der Waals surface area contributed by atoms with Crippen molar-refractivity contribution in [2.45, 2.75) is 0 Å².